The lowest BCUT2D eigenvalue weighted by molar-refractivity contribution is 0.0209. The number of ether oxygens (including phenoxy) is 1. The van der Waals surface area contributed by atoms with E-state index in [2.05, 4.69) is 0 Å². The first-order valence-electron chi connectivity index (χ1n) is 4.01. The number of hydrogen-bond acceptors (Lipinski definition) is 2. The van der Waals surface area contributed by atoms with Gasteiger partial charge in [0.25, 0.3) is 0 Å². The standard InChI is InChI=1S/C8H16O2/c1-10-6-7-4-2-3-5-8(7)9/h7-9H,2-6H2,1H3/t7-,8?/m0/s1. The molecule has 0 aromatic heterocycles. The van der Waals surface area contributed by atoms with Crippen LogP contribution < -0.4 is 0 Å². The summed E-state index contributed by atoms with van der Waals surface area (Å²) < 4.78 is 4.99. The van der Waals surface area contributed by atoms with E-state index in [1.165, 1.54) is 12.8 Å². The minimum atomic E-state index is -0.103. The number of aliphatic hydroxyl groups is 1. The summed E-state index contributed by atoms with van der Waals surface area (Å²) in [4.78, 5) is 0. The average molecular weight is 144 g/mol. The summed E-state index contributed by atoms with van der Waals surface area (Å²) in [6.07, 6.45) is 4.43. The predicted molar refractivity (Wildman–Crippen MR) is 39.8 cm³/mol. The van der Waals surface area contributed by atoms with Crippen molar-refractivity contribution in [2.24, 2.45) is 5.92 Å². The fourth-order valence-corrected chi connectivity index (χ4v) is 1.60. The van der Waals surface area contributed by atoms with E-state index in [0.717, 1.165) is 19.4 Å². The number of rotatable bonds is 2. The maximum absolute atomic E-state index is 9.42. The summed E-state index contributed by atoms with van der Waals surface area (Å²) in [5, 5.41) is 9.42. The molecule has 60 valence electrons. The van der Waals surface area contributed by atoms with Gasteiger partial charge in [-0.05, 0) is 12.8 Å². The Kier molecular flexibility index (Phi) is 3.16. The predicted octanol–water partition coefficient (Wildman–Crippen LogP) is 1.18. The highest BCUT2D eigenvalue weighted by Gasteiger charge is 2.22. The van der Waals surface area contributed by atoms with Crippen LogP contribution in [0.2, 0.25) is 0 Å². The van der Waals surface area contributed by atoms with Crippen molar-refractivity contribution in [3.8, 4) is 0 Å². The van der Waals surface area contributed by atoms with Gasteiger partial charge in [0.05, 0.1) is 12.7 Å². The summed E-state index contributed by atoms with van der Waals surface area (Å²) >= 11 is 0. The minimum Gasteiger partial charge on any atom is -0.393 e. The van der Waals surface area contributed by atoms with Gasteiger partial charge in [-0.1, -0.05) is 12.8 Å². The van der Waals surface area contributed by atoms with Gasteiger partial charge in [-0.15, -0.1) is 0 Å². The maximum atomic E-state index is 9.42. The van der Waals surface area contributed by atoms with E-state index in [1.54, 1.807) is 7.11 Å². The van der Waals surface area contributed by atoms with Gasteiger partial charge in [-0.2, -0.15) is 0 Å². The van der Waals surface area contributed by atoms with E-state index in [4.69, 9.17) is 4.74 Å². The molecule has 2 heteroatoms. The van der Waals surface area contributed by atoms with Crippen molar-refractivity contribution in [2.75, 3.05) is 13.7 Å². The maximum Gasteiger partial charge on any atom is 0.0590 e. The molecule has 0 saturated heterocycles. The smallest absolute Gasteiger partial charge is 0.0590 e. The molecule has 0 amide bonds. The summed E-state index contributed by atoms with van der Waals surface area (Å²) in [6.45, 7) is 0.723. The third kappa shape index (κ3) is 1.96. The van der Waals surface area contributed by atoms with Gasteiger partial charge in [0.15, 0.2) is 0 Å². The van der Waals surface area contributed by atoms with Crippen LogP contribution in [0.25, 0.3) is 0 Å². The zero-order valence-electron chi connectivity index (χ0n) is 6.55. The van der Waals surface area contributed by atoms with Gasteiger partial charge in [0.1, 0.15) is 0 Å². The minimum absolute atomic E-state index is 0.103. The molecule has 0 spiro atoms. The SMILES string of the molecule is COC[C@@H]1CCCCC1O. The van der Waals surface area contributed by atoms with Crippen molar-refractivity contribution < 1.29 is 9.84 Å². The van der Waals surface area contributed by atoms with Crippen molar-refractivity contribution in [3.63, 3.8) is 0 Å². The van der Waals surface area contributed by atoms with Crippen LogP contribution in [0.15, 0.2) is 0 Å². The Morgan fingerprint density at radius 2 is 2.10 bits per heavy atom. The third-order valence-corrected chi connectivity index (χ3v) is 2.25. The lowest BCUT2D eigenvalue weighted by atomic mass is 9.87. The van der Waals surface area contributed by atoms with Gasteiger partial charge in [-0.3, -0.25) is 0 Å². The van der Waals surface area contributed by atoms with Gasteiger partial charge < -0.3 is 9.84 Å². The van der Waals surface area contributed by atoms with E-state index in [1.807, 2.05) is 0 Å². The molecule has 1 saturated carbocycles. The van der Waals surface area contributed by atoms with Crippen LogP contribution in [0.4, 0.5) is 0 Å². The lowest BCUT2D eigenvalue weighted by Gasteiger charge is -2.26. The fraction of sp³-hybridized carbons (Fsp3) is 1.00. The van der Waals surface area contributed by atoms with Crippen molar-refractivity contribution in [2.45, 2.75) is 31.8 Å². The van der Waals surface area contributed by atoms with Crippen LogP contribution in [0.3, 0.4) is 0 Å². The molecule has 10 heavy (non-hydrogen) atoms. The van der Waals surface area contributed by atoms with E-state index in [9.17, 15) is 5.11 Å². The molecule has 1 aliphatic rings. The molecule has 0 aromatic carbocycles. The van der Waals surface area contributed by atoms with Crippen LogP contribution in [0.1, 0.15) is 25.7 Å². The van der Waals surface area contributed by atoms with Gasteiger partial charge in [0, 0.05) is 13.0 Å². The molecule has 0 aromatic rings. The summed E-state index contributed by atoms with van der Waals surface area (Å²) in [7, 11) is 1.70. The molecule has 2 nitrogen and oxygen atoms in total. The van der Waals surface area contributed by atoms with Gasteiger partial charge in [-0.25, -0.2) is 0 Å². The average Bonchev–Trinajstić information content (AvgIpc) is 1.94. The first-order chi connectivity index (χ1) is 4.84. The van der Waals surface area contributed by atoms with Crippen molar-refractivity contribution in [1.29, 1.82) is 0 Å². The highest BCUT2D eigenvalue weighted by Crippen LogP contribution is 2.23. The molecular formula is C8H16O2. The Balaban J connectivity index is 2.25. The zero-order valence-corrected chi connectivity index (χ0v) is 6.55. The van der Waals surface area contributed by atoms with Crippen molar-refractivity contribution in [1.82, 2.24) is 0 Å². The second kappa shape index (κ2) is 3.94. The quantitative estimate of drug-likeness (QED) is 0.630. The normalized spacial score (nSPS) is 34.2. The van der Waals surface area contributed by atoms with Crippen LogP contribution in [-0.4, -0.2) is 24.9 Å². The largest absolute Gasteiger partial charge is 0.393 e. The summed E-state index contributed by atoms with van der Waals surface area (Å²) in [6, 6.07) is 0. The molecule has 0 heterocycles. The zero-order chi connectivity index (χ0) is 7.40. The summed E-state index contributed by atoms with van der Waals surface area (Å²) in [5.74, 6) is 0.402. The molecule has 0 bridgehead atoms. The Bertz CT molecular complexity index is 91.3. The Morgan fingerprint density at radius 3 is 2.70 bits per heavy atom. The molecule has 1 aliphatic carbocycles. The molecule has 1 unspecified atom stereocenters. The number of aliphatic hydroxyl groups excluding tert-OH is 1. The summed E-state index contributed by atoms with van der Waals surface area (Å²) in [5.41, 5.74) is 0. The van der Waals surface area contributed by atoms with Crippen LogP contribution in [0, 0.1) is 5.92 Å². The van der Waals surface area contributed by atoms with E-state index >= 15 is 0 Å². The molecule has 2 atom stereocenters. The van der Waals surface area contributed by atoms with Gasteiger partial charge in [0.2, 0.25) is 0 Å². The monoisotopic (exact) mass is 144 g/mol. The van der Waals surface area contributed by atoms with Crippen LogP contribution in [0.5, 0.6) is 0 Å². The molecule has 0 radical (unpaired) electrons. The highest BCUT2D eigenvalue weighted by atomic mass is 16.5. The fourth-order valence-electron chi connectivity index (χ4n) is 1.60. The van der Waals surface area contributed by atoms with E-state index in [0.29, 0.717) is 5.92 Å². The van der Waals surface area contributed by atoms with Gasteiger partial charge >= 0.3 is 0 Å². The third-order valence-electron chi connectivity index (χ3n) is 2.25. The first-order valence-corrected chi connectivity index (χ1v) is 4.01. The molecular weight excluding hydrogens is 128 g/mol. The molecule has 0 aliphatic heterocycles. The topological polar surface area (TPSA) is 29.5 Å². The Hall–Kier alpha value is -0.0800. The van der Waals surface area contributed by atoms with Crippen LogP contribution in [-0.2, 0) is 4.74 Å². The number of methoxy groups -OCH3 is 1. The first kappa shape index (κ1) is 8.02. The Labute approximate surface area is 62.2 Å². The van der Waals surface area contributed by atoms with Crippen LogP contribution >= 0.6 is 0 Å². The second-order valence-corrected chi connectivity index (χ2v) is 3.07. The van der Waals surface area contributed by atoms with E-state index in [-0.39, 0.29) is 6.10 Å². The van der Waals surface area contributed by atoms with Crippen molar-refractivity contribution >= 4 is 0 Å². The lowest BCUT2D eigenvalue weighted by Crippen LogP contribution is -2.27. The van der Waals surface area contributed by atoms with E-state index < -0.39 is 0 Å². The molecule has 1 N–H and O–H groups in total. The highest BCUT2D eigenvalue weighted by molar-refractivity contribution is 4.73. The molecule has 1 fully saturated rings. The Morgan fingerprint density at radius 1 is 1.40 bits per heavy atom. The number of hydrogen-bond donors (Lipinski definition) is 1. The molecule has 1 rings (SSSR count). The van der Waals surface area contributed by atoms with Crippen molar-refractivity contribution in [3.05, 3.63) is 0 Å². The second-order valence-electron chi connectivity index (χ2n) is 3.07.